The zero-order valence-electron chi connectivity index (χ0n) is 25.0. The van der Waals surface area contributed by atoms with Gasteiger partial charge in [-0.1, -0.05) is 20.8 Å². The van der Waals surface area contributed by atoms with Crippen LogP contribution in [0.25, 0.3) is 0 Å². The van der Waals surface area contributed by atoms with Gasteiger partial charge in [-0.05, 0) is 43.9 Å². The van der Waals surface area contributed by atoms with E-state index in [4.69, 9.17) is 20.0 Å². The predicted octanol–water partition coefficient (Wildman–Crippen LogP) is 3.86. The van der Waals surface area contributed by atoms with Crippen molar-refractivity contribution in [3.05, 3.63) is 46.3 Å². The van der Waals surface area contributed by atoms with Gasteiger partial charge in [-0.15, -0.1) is 0 Å². The number of amidine groups is 1. The molecule has 1 aromatic heterocycles. The Bertz CT molecular complexity index is 1330. The maximum Gasteiger partial charge on any atom is 0.303 e. The summed E-state index contributed by atoms with van der Waals surface area (Å²) in [5.74, 6) is -0.409. The Labute approximate surface area is 241 Å². The van der Waals surface area contributed by atoms with Crippen molar-refractivity contribution in [2.45, 2.75) is 59.4 Å². The maximum absolute atomic E-state index is 13.7. The Kier molecular flexibility index (Phi) is 9.96. The van der Waals surface area contributed by atoms with E-state index in [1.165, 1.54) is 7.05 Å². The number of Topliss-reactive ketones (excluding diaryl/α,β-unsaturated/α-hetero) is 1. The molecule has 0 atom stereocenters. The van der Waals surface area contributed by atoms with Gasteiger partial charge in [0.1, 0.15) is 17.3 Å². The molecule has 222 valence electrons. The fourth-order valence-electron chi connectivity index (χ4n) is 4.57. The smallest absolute Gasteiger partial charge is 0.303 e. The van der Waals surface area contributed by atoms with Gasteiger partial charge in [0, 0.05) is 50.3 Å². The van der Waals surface area contributed by atoms with Crippen molar-refractivity contribution in [2.75, 3.05) is 45.3 Å². The van der Waals surface area contributed by atoms with Crippen molar-refractivity contribution in [3.63, 3.8) is 0 Å². The van der Waals surface area contributed by atoms with Gasteiger partial charge in [0.25, 0.3) is 5.91 Å². The molecule has 2 aromatic rings. The molecule has 0 unspecified atom stereocenters. The number of aliphatic carboxylic acids is 1. The van der Waals surface area contributed by atoms with Crippen LogP contribution in [0.2, 0.25) is 0 Å². The highest BCUT2D eigenvalue weighted by Crippen LogP contribution is 2.40. The van der Waals surface area contributed by atoms with Crippen molar-refractivity contribution >= 4 is 29.2 Å². The standard InChI is InChI=1S/C30H41N5O6/c1-8-34(7)21-14-18(13-20(30(3,4)5)27(21)41-12-10-11-24(37)38)22(36)17-35-16-19-15-23(40-9-2)26(29(39)32-6)33-25(19)28(35)31/h13-15,31H,8-12,16-17H2,1-7H3,(H,32,39)(H,37,38). The zero-order valence-corrected chi connectivity index (χ0v) is 25.0. The third-order valence-electron chi connectivity index (χ3n) is 6.91. The number of ketones is 1. The Hall–Kier alpha value is -4.15. The average Bonchev–Trinajstić information content (AvgIpc) is 3.22. The normalized spacial score (nSPS) is 12.7. The molecule has 1 aromatic carbocycles. The van der Waals surface area contributed by atoms with Crippen molar-refractivity contribution < 1.29 is 29.0 Å². The van der Waals surface area contributed by atoms with Crippen LogP contribution in [0, 0.1) is 5.41 Å². The van der Waals surface area contributed by atoms with Crippen molar-refractivity contribution in [1.82, 2.24) is 15.2 Å². The number of amides is 1. The van der Waals surface area contributed by atoms with E-state index >= 15 is 0 Å². The average molecular weight is 568 g/mol. The summed E-state index contributed by atoms with van der Waals surface area (Å²) in [6, 6.07) is 5.36. The van der Waals surface area contributed by atoms with E-state index in [1.54, 1.807) is 17.0 Å². The van der Waals surface area contributed by atoms with Gasteiger partial charge in [0.15, 0.2) is 17.2 Å². The van der Waals surface area contributed by atoms with Gasteiger partial charge < -0.3 is 29.7 Å². The highest BCUT2D eigenvalue weighted by Gasteiger charge is 2.32. The summed E-state index contributed by atoms with van der Waals surface area (Å²) in [6.45, 7) is 11.4. The van der Waals surface area contributed by atoms with Gasteiger partial charge in [-0.3, -0.25) is 19.8 Å². The second-order valence-corrected chi connectivity index (χ2v) is 11.0. The van der Waals surface area contributed by atoms with E-state index in [0.29, 0.717) is 54.4 Å². The van der Waals surface area contributed by atoms with E-state index in [-0.39, 0.29) is 42.3 Å². The topological polar surface area (TPSA) is 145 Å². The minimum atomic E-state index is -0.875. The summed E-state index contributed by atoms with van der Waals surface area (Å²) in [6.07, 6.45) is 0.378. The maximum atomic E-state index is 13.7. The fraction of sp³-hybridized carbons (Fsp3) is 0.500. The van der Waals surface area contributed by atoms with Crippen LogP contribution < -0.4 is 19.7 Å². The largest absolute Gasteiger partial charge is 0.491 e. The van der Waals surface area contributed by atoms with Crippen molar-refractivity contribution in [3.8, 4) is 11.5 Å². The number of hydrogen-bond donors (Lipinski definition) is 3. The quantitative estimate of drug-likeness (QED) is 0.243. The van der Waals surface area contributed by atoms with Crippen molar-refractivity contribution in [2.24, 2.45) is 0 Å². The molecule has 1 aliphatic rings. The Morgan fingerprint density at radius 2 is 1.88 bits per heavy atom. The lowest BCUT2D eigenvalue weighted by Crippen LogP contribution is -2.31. The highest BCUT2D eigenvalue weighted by molar-refractivity contribution is 6.06. The van der Waals surface area contributed by atoms with Gasteiger partial charge in [-0.25, -0.2) is 4.98 Å². The molecular weight excluding hydrogens is 526 g/mol. The number of anilines is 1. The van der Waals surface area contributed by atoms with Gasteiger partial charge in [-0.2, -0.15) is 0 Å². The summed E-state index contributed by atoms with van der Waals surface area (Å²) in [5.41, 5.74) is 2.88. The van der Waals surface area contributed by atoms with Gasteiger partial charge in [0.2, 0.25) is 0 Å². The summed E-state index contributed by atoms with van der Waals surface area (Å²) in [4.78, 5) is 45.1. The third-order valence-corrected chi connectivity index (χ3v) is 6.91. The number of carbonyl (C=O) groups excluding carboxylic acids is 2. The number of fused-ring (bicyclic) bond motifs is 1. The molecular formula is C30H41N5O6. The van der Waals surface area contributed by atoms with E-state index in [1.807, 2.05) is 52.6 Å². The van der Waals surface area contributed by atoms with E-state index in [9.17, 15) is 14.4 Å². The molecule has 0 spiro atoms. The summed E-state index contributed by atoms with van der Waals surface area (Å²) < 4.78 is 11.8. The van der Waals surface area contributed by atoms with E-state index < -0.39 is 11.9 Å². The van der Waals surface area contributed by atoms with Crippen molar-refractivity contribution in [1.29, 1.82) is 5.41 Å². The molecule has 11 nitrogen and oxygen atoms in total. The number of hydrogen-bond acceptors (Lipinski definition) is 8. The molecule has 3 rings (SSSR count). The molecule has 3 N–H and O–H groups in total. The zero-order chi connectivity index (χ0) is 30.5. The number of carboxylic acid groups (broad SMARTS) is 1. The second kappa shape index (κ2) is 13.0. The van der Waals surface area contributed by atoms with Gasteiger partial charge >= 0.3 is 5.97 Å². The lowest BCUT2D eigenvalue weighted by atomic mass is 9.84. The molecule has 0 saturated carbocycles. The van der Waals surface area contributed by atoms with E-state index in [0.717, 1.165) is 11.3 Å². The molecule has 41 heavy (non-hydrogen) atoms. The molecule has 11 heteroatoms. The lowest BCUT2D eigenvalue weighted by molar-refractivity contribution is -0.137. The molecule has 1 amide bonds. The minimum absolute atomic E-state index is 0.0100. The van der Waals surface area contributed by atoms with Crippen LogP contribution in [0.5, 0.6) is 11.5 Å². The molecule has 0 fully saturated rings. The monoisotopic (exact) mass is 567 g/mol. The number of carbonyl (C=O) groups is 3. The molecule has 1 aliphatic heterocycles. The first-order valence-corrected chi connectivity index (χ1v) is 13.8. The summed E-state index contributed by atoms with van der Waals surface area (Å²) in [5, 5.41) is 20.3. The number of nitrogens with zero attached hydrogens (tertiary/aromatic N) is 3. The molecule has 2 heterocycles. The first kappa shape index (κ1) is 31.4. The number of carboxylic acids is 1. The van der Waals surface area contributed by atoms with Gasteiger partial charge in [0.05, 0.1) is 25.4 Å². The second-order valence-electron chi connectivity index (χ2n) is 11.0. The number of rotatable bonds is 13. The van der Waals surface area contributed by atoms with Crippen LogP contribution in [0.4, 0.5) is 5.69 Å². The van der Waals surface area contributed by atoms with Crippen LogP contribution >= 0.6 is 0 Å². The highest BCUT2D eigenvalue weighted by atomic mass is 16.5. The summed E-state index contributed by atoms with van der Waals surface area (Å²) in [7, 11) is 3.42. The van der Waals surface area contributed by atoms with Crippen LogP contribution in [0.3, 0.4) is 0 Å². The van der Waals surface area contributed by atoms with Crippen LogP contribution in [0.1, 0.15) is 85.1 Å². The van der Waals surface area contributed by atoms with E-state index in [2.05, 4.69) is 10.3 Å². The van der Waals surface area contributed by atoms with Crippen LogP contribution in [-0.2, 0) is 16.8 Å². The number of nitrogens with one attached hydrogen (secondary N) is 2. The Morgan fingerprint density at radius 1 is 1.17 bits per heavy atom. The molecule has 0 aliphatic carbocycles. The number of benzene rings is 1. The first-order valence-electron chi connectivity index (χ1n) is 13.8. The first-order chi connectivity index (χ1) is 19.3. The third kappa shape index (κ3) is 7.14. The Balaban J connectivity index is 1.94. The molecule has 0 saturated heterocycles. The number of aromatic nitrogens is 1. The lowest BCUT2D eigenvalue weighted by Gasteiger charge is -2.29. The van der Waals surface area contributed by atoms with Crippen LogP contribution in [0.15, 0.2) is 18.2 Å². The number of pyridine rings is 1. The fourth-order valence-corrected chi connectivity index (χ4v) is 4.57. The Morgan fingerprint density at radius 3 is 2.46 bits per heavy atom. The molecule has 0 radical (unpaired) electrons. The molecule has 0 bridgehead atoms. The predicted molar refractivity (Wildman–Crippen MR) is 157 cm³/mol. The minimum Gasteiger partial charge on any atom is -0.491 e. The SMILES string of the molecule is CCOc1cc2c(nc1C(=O)NC)C(=N)N(CC(=O)c1cc(N(C)CC)c(OCCCC(=O)O)c(C(C)(C)C)c1)C2. The van der Waals surface area contributed by atoms with Crippen LogP contribution in [-0.4, -0.2) is 78.9 Å². The summed E-state index contributed by atoms with van der Waals surface area (Å²) >= 11 is 0. The number of ether oxygens (including phenoxy) is 2.